The number of nitriles is 1. The van der Waals surface area contributed by atoms with Crippen molar-refractivity contribution < 1.29 is 9.53 Å². The first-order valence-electron chi connectivity index (χ1n) is 13.1. The summed E-state index contributed by atoms with van der Waals surface area (Å²) in [5, 5.41) is 14.6. The number of fused-ring (bicyclic) bond motifs is 1. The first kappa shape index (κ1) is 26.4. The van der Waals surface area contributed by atoms with Gasteiger partial charge in [0.15, 0.2) is 6.19 Å². The van der Waals surface area contributed by atoms with E-state index in [2.05, 4.69) is 17.6 Å². The van der Waals surface area contributed by atoms with E-state index in [1.165, 1.54) is 25.7 Å². The molecule has 37 heavy (non-hydrogen) atoms. The Morgan fingerprint density at radius 1 is 1.22 bits per heavy atom. The molecule has 0 bridgehead atoms. The predicted molar refractivity (Wildman–Crippen MR) is 146 cm³/mol. The minimum atomic E-state index is 0.0211. The van der Waals surface area contributed by atoms with E-state index in [-0.39, 0.29) is 12.0 Å². The fourth-order valence-corrected chi connectivity index (χ4v) is 6.12. The van der Waals surface area contributed by atoms with Gasteiger partial charge in [0.1, 0.15) is 5.75 Å². The number of rotatable bonds is 10. The molecule has 1 saturated heterocycles. The van der Waals surface area contributed by atoms with Gasteiger partial charge in [0.05, 0.1) is 12.8 Å². The van der Waals surface area contributed by atoms with Crippen molar-refractivity contribution in [3.63, 3.8) is 0 Å². The first-order chi connectivity index (χ1) is 18.0. The highest BCUT2D eigenvalue weighted by molar-refractivity contribution is 5.73. The van der Waals surface area contributed by atoms with Gasteiger partial charge in [0.25, 0.3) is 0 Å². The van der Waals surface area contributed by atoms with E-state index in [1.807, 2.05) is 47.4 Å². The molecule has 2 aliphatic rings. The first-order valence-corrected chi connectivity index (χ1v) is 13.1. The van der Waals surface area contributed by atoms with Gasteiger partial charge in [-0.1, -0.05) is 37.5 Å². The number of likely N-dealkylation sites (tertiary alicyclic amines) is 1. The van der Waals surface area contributed by atoms with Crippen LogP contribution in [0.2, 0.25) is 0 Å². The van der Waals surface area contributed by atoms with Crippen LogP contribution in [0.3, 0.4) is 0 Å². The molecule has 2 fully saturated rings. The summed E-state index contributed by atoms with van der Waals surface area (Å²) >= 11 is 0. The van der Waals surface area contributed by atoms with Crippen LogP contribution in [0, 0.1) is 23.3 Å². The molecule has 4 atom stereocenters. The molecule has 1 aliphatic carbocycles. The maximum atomic E-state index is 11.4. The van der Waals surface area contributed by atoms with Gasteiger partial charge in [-0.2, -0.15) is 5.26 Å². The molecule has 1 amide bonds. The number of piperidine rings is 1. The number of methoxy groups -OCH3 is 1. The molecule has 8 heteroatoms. The SMILES string of the molecule is COc1ccc(/C(N)=C/N(N)CCC(c2ccccc2NC=O)C2CC3CCCCC3CN2C#N)cc1. The monoisotopic (exact) mass is 502 g/mol. The summed E-state index contributed by atoms with van der Waals surface area (Å²) in [6.45, 7) is 1.35. The van der Waals surface area contributed by atoms with E-state index in [1.54, 1.807) is 18.3 Å². The van der Waals surface area contributed by atoms with Crippen LogP contribution in [0.5, 0.6) is 5.75 Å². The second kappa shape index (κ2) is 12.5. The largest absolute Gasteiger partial charge is 0.497 e. The van der Waals surface area contributed by atoms with Crippen LogP contribution in [0.25, 0.3) is 5.70 Å². The van der Waals surface area contributed by atoms with E-state index in [9.17, 15) is 10.1 Å². The maximum Gasteiger partial charge on any atom is 0.211 e. The molecule has 1 heterocycles. The van der Waals surface area contributed by atoms with Gasteiger partial charge in [-0.3, -0.25) is 4.79 Å². The average Bonchev–Trinajstić information content (AvgIpc) is 2.93. The average molecular weight is 503 g/mol. The lowest BCUT2D eigenvalue weighted by Gasteiger charge is -2.47. The number of amides is 1. The number of para-hydroxylation sites is 1. The molecule has 196 valence electrons. The number of anilines is 1. The zero-order chi connectivity index (χ0) is 26.2. The zero-order valence-electron chi connectivity index (χ0n) is 21.6. The highest BCUT2D eigenvalue weighted by Crippen LogP contribution is 2.44. The standard InChI is InChI=1S/C29H38N6O2/c1-37-24-12-10-21(11-13-24)27(31)18-35(32)15-14-26(25-8-4-5-9-28(25)33-20-36)29-16-22-6-2-3-7-23(22)17-34(29)19-30/h4-5,8-13,18,20,22-23,26,29H,2-3,6-7,14-17,31-32H2,1H3,(H,33,36)/b27-18-. The third-order valence-corrected chi connectivity index (χ3v) is 8.04. The Morgan fingerprint density at radius 2 is 1.95 bits per heavy atom. The Morgan fingerprint density at radius 3 is 2.65 bits per heavy atom. The van der Waals surface area contributed by atoms with Crippen molar-refractivity contribution >= 4 is 17.8 Å². The number of nitrogens with two attached hydrogens (primary N) is 2. The van der Waals surface area contributed by atoms with Crippen LogP contribution in [0.4, 0.5) is 5.69 Å². The Kier molecular flexibility index (Phi) is 8.91. The molecule has 4 rings (SSSR count). The van der Waals surface area contributed by atoms with Crippen molar-refractivity contribution in [3.8, 4) is 11.9 Å². The van der Waals surface area contributed by atoms with Crippen LogP contribution in [0.15, 0.2) is 54.7 Å². The molecule has 8 nitrogen and oxygen atoms in total. The van der Waals surface area contributed by atoms with Crippen molar-refractivity contribution in [3.05, 3.63) is 65.9 Å². The Hall–Kier alpha value is -3.70. The van der Waals surface area contributed by atoms with Gasteiger partial charge >= 0.3 is 0 Å². The summed E-state index contributed by atoms with van der Waals surface area (Å²) in [5.74, 6) is 8.41. The second-order valence-corrected chi connectivity index (χ2v) is 10.2. The van der Waals surface area contributed by atoms with E-state index in [4.69, 9.17) is 16.3 Å². The third-order valence-electron chi connectivity index (χ3n) is 8.04. The van der Waals surface area contributed by atoms with Crippen molar-refractivity contribution in [2.75, 3.05) is 25.5 Å². The van der Waals surface area contributed by atoms with Gasteiger partial charge in [-0.25, -0.2) is 5.84 Å². The molecule has 0 aromatic heterocycles. The normalized spacial score (nSPS) is 22.4. The van der Waals surface area contributed by atoms with E-state index >= 15 is 0 Å². The fraction of sp³-hybridized carbons (Fsp3) is 0.448. The number of nitrogens with one attached hydrogen (secondary N) is 1. The highest BCUT2D eigenvalue weighted by atomic mass is 16.5. The molecule has 1 saturated carbocycles. The van der Waals surface area contributed by atoms with Gasteiger partial charge in [0.2, 0.25) is 6.41 Å². The van der Waals surface area contributed by atoms with Crippen molar-refractivity contribution in [2.45, 2.75) is 50.5 Å². The van der Waals surface area contributed by atoms with Crippen LogP contribution in [-0.2, 0) is 4.79 Å². The Balaban J connectivity index is 1.56. The number of hydrogen-bond donors (Lipinski definition) is 3. The molecule has 0 spiro atoms. The minimum absolute atomic E-state index is 0.0211. The van der Waals surface area contributed by atoms with E-state index < -0.39 is 0 Å². The zero-order valence-corrected chi connectivity index (χ0v) is 21.6. The van der Waals surface area contributed by atoms with E-state index in [0.29, 0.717) is 36.9 Å². The molecular weight excluding hydrogens is 464 g/mol. The van der Waals surface area contributed by atoms with Gasteiger partial charge in [-0.15, -0.1) is 0 Å². The summed E-state index contributed by atoms with van der Waals surface area (Å²) in [6.07, 6.45) is 11.6. The summed E-state index contributed by atoms with van der Waals surface area (Å²) in [4.78, 5) is 13.3. The number of carbonyl (C=O) groups is 1. The smallest absolute Gasteiger partial charge is 0.211 e. The Bertz CT molecular complexity index is 1110. The molecule has 2 aromatic rings. The summed E-state index contributed by atoms with van der Waals surface area (Å²) in [6, 6.07) is 15.5. The van der Waals surface area contributed by atoms with Crippen LogP contribution in [0.1, 0.15) is 55.6 Å². The quantitative estimate of drug-likeness (QED) is 0.192. The molecule has 1 aliphatic heterocycles. The lowest BCUT2D eigenvalue weighted by Crippen LogP contribution is -2.49. The molecular formula is C29H38N6O2. The number of hydrogen-bond acceptors (Lipinski definition) is 7. The minimum Gasteiger partial charge on any atom is -0.497 e. The molecule has 5 N–H and O–H groups in total. The number of carbonyl (C=O) groups excluding carboxylic acids is 1. The van der Waals surface area contributed by atoms with Crippen molar-refractivity contribution in [2.24, 2.45) is 23.4 Å². The molecule has 4 unspecified atom stereocenters. The lowest BCUT2D eigenvalue weighted by atomic mass is 9.69. The Labute approximate surface area is 219 Å². The summed E-state index contributed by atoms with van der Waals surface area (Å²) < 4.78 is 5.22. The van der Waals surface area contributed by atoms with Crippen LogP contribution >= 0.6 is 0 Å². The lowest BCUT2D eigenvalue weighted by molar-refractivity contribution is -0.105. The maximum absolute atomic E-state index is 11.4. The number of hydrazine groups is 1. The number of ether oxygens (including phenoxy) is 1. The number of benzene rings is 2. The van der Waals surface area contributed by atoms with Crippen molar-refractivity contribution in [1.82, 2.24) is 9.91 Å². The van der Waals surface area contributed by atoms with Crippen LogP contribution in [-0.4, -0.2) is 42.6 Å². The summed E-state index contributed by atoms with van der Waals surface area (Å²) in [5.41, 5.74) is 9.57. The second-order valence-electron chi connectivity index (χ2n) is 10.2. The highest BCUT2D eigenvalue weighted by Gasteiger charge is 2.40. The third kappa shape index (κ3) is 6.36. The van der Waals surface area contributed by atoms with Crippen LogP contribution < -0.4 is 21.6 Å². The summed E-state index contributed by atoms with van der Waals surface area (Å²) in [7, 11) is 1.63. The fourth-order valence-electron chi connectivity index (χ4n) is 6.12. The molecule has 0 radical (unpaired) electrons. The predicted octanol–water partition coefficient (Wildman–Crippen LogP) is 4.23. The van der Waals surface area contributed by atoms with Crippen molar-refractivity contribution in [1.29, 1.82) is 5.26 Å². The van der Waals surface area contributed by atoms with Gasteiger partial charge < -0.3 is 25.7 Å². The molecule has 2 aromatic carbocycles. The topological polar surface area (TPSA) is 121 Å². The van der Waals surface area contributed by atoms with Gasteiger partial charge in [-0.05, 0) is 72.6 Å². The van der Waals surface area contributed by atoms with E-state index in [0.717, 1.165) is 35.5 Å². The van der Waals surface area contributed by atoms with Gasteiger partial charge in [0, 0.05) is 36.9 Å². The number of nitrogens with zero attached hydrogens (tertiary/aromatic N) is 3.